The third-order valence-electron chi connectivity index (χ3n) is 5.10. The molecule has 2 rings (SSSR count). The van der Waals surface area contributed by atoms with Crippen LogP contribution in [0.25, 0.3) is 0 Å². The monoisotopic (exact) mass is 480 g/mol. The van der Waals surface area contributed by atoms with Crippen LogP contribution in [0.1, 0.15) is 45.6 Å². The molecule has 168 valence electrons. The SMILES string of the molecule is CC[C@H](C)NC(=O)[C@H](CC)N(Cc1c(Cl)cccc1Cl)C(=O)CCSc1ccccc1. The number of carbonyl (C=O) groups is 2. The lowest BCUT2D eigenvalue weighted by molar-refractivity contribution is -0.141. The predicted octanol–water partition coefficient (Wildman–Crippen LogP) is 6.20. The number of hydrogen-bond donors (Lipinski definition) is 1. The predicted molar refractivity (Wildman–Crippen MR) is 131 cm³/mol. The maximum atomic E-state index is 13.3. The molecule has 0 unspecified atom stereocenters. The van der Waals surface area contributed by atoms with Gasteiger partial charge in [-0.05, 0) is 44.0 Å². The van der Waals surface area contributed by atoms with E-state index >= 15 is 0 Å². The number of rotatable bonds is 11. The highest BCUT2D eigenvalue weighted by Crippen LogP contribution is 2.28. The maximum Gasteiger partial charge on any atom is 0.243 e. The summed E-state index contributed by atoms with van der Waals surface area (Å²) < 4.78 is 0. The van der Waals surface area contributed by atoms with E-state index < -0.39 is 6.04 Å². The van der Waals surface area contributed by atoms with E-state index in [0.29, 0.717) is 34.2 Å². The minimum Gasteiger partial charge on any atom is -0.352 e. The Balaban J connectivity index is 2.20. The number of halogens is 2. The average Bonchev–Trinajstić information content (AvgIpc) is 2.76. The summed E-state index contributed by atoms with van der Waals surface area (Å²) in [6.07, 6.45) is 1.64. The highest BCUT2D eigenvalue weighted by Gasteiger charge is 2.30. The Hall–Kier alpha value is -1.69. The molecule has 2 amide bonds. The zero-order valence-electron chi connectivity index (χ0n) is 18.2. The second-order valence-electron chi connectivity index (χ2n) is 7.38. The van der Waals surface area contributed by atoms with Gasteiger partial charge in [0.1, 0.15) is 6.04 Å². The van der Waals surface area contributed by atoms with Crippen LogP contribution in [0, 0.1) is 0 Å². The fourth-order valence-corrected chi connectivity index (χ4v) is 4.51. The van der Waals surface area contributed by atoms with Crippen LogP contribution in [0.5, 0.6) is 0 Å². The van der Waals surface area contributed by atoms with Crippen molar-refractivity contribution in [2.45, 2.75) is 63.6 Å². The lowest BCUT2D eigenvalue weighted by Gasteiger charge is -2.32. The Labute approximate surface area is 199 Å². The topological polar surface area (TPSA) is 49.4 Å². The molecule has 2 aromatic rings. The van der Waals surface area contributed by atoms with Gasteiger partial charge in [0.2, 0.25) is 11.8 Å². The van der Waals surface area contributed by atoms with Crippen LogP contribution in [-0.4, -0.2) is 34.6 Å². The molecular formula is C24H30Cl2N2O2S. The normalized spacial score (nSPS) is 12.8. The second-order valence-corrected chi connectivity index (χ2v) is 9.36. The second kappa shape index (κ2) is 13.0. The van der Waals surface area contributed by atoms with Crippen molar-refractivity contribution < 1.29 is 9.59 Å². The van der Waals surface area contributed by atoms with Crippen molar-refractivity contribution in [3.63, 3.8) is 0 Å². The van der Waals surface area contributed by atoms with Crippen molar-refractivity contribution >= 4 is 46.8 Å². The van der Waals surface area contributed by atoms with Gasteiger partial charge in [-0.2, -0.15) is 0 Å². The number of carbonyl (C=O) groups excluding carboxylic acids is 2. The van der Waals surface area contributed by atoms with Crippen molar-refractivity contribution in [3.8, 4) is 0 Å². The van der Waals surface area contributed by atoms with Gasteiger partial charge in [0.05, 0.1) is 0 Å². The summed E-state index contributed by atoms with van der Waals surface area (Å²) in [7, 11) is 0. The van der Waals surface area contributed by atoms with E-state index in [1.165, 1.54) is 0 Å². The Kier molecular flexibility index (Phi) is 10.7. The molecule has 0 aromatic heterocycles. The molecule has 0 radical (unpaired) electrons. The molecule has 4 nitrogen and oxygen atoms in total. The van der Waals surface area contributed by atoms with E-state index in [2.05, 4.69) is 5.32 Å². The molecule has 2 aromatic carbocycles. The number of benzene rings is 2. The van der Waals surface area contributed by atoms with Gasteiger partial charge in [0, 0.05) is 45.3 Å². The fraction of sp³-hybridized carbons (Fsp3) is 0.417. The third kappa shape index (κ3) is 7.74. The summed E-state index contributed by atoms with van der Waals surface area (Å²) in [6.45, 7) is 6.07. The first-order valence-corrected chi connectivity index (χ1v) is 12.3. The molecule has 0 aliphatic carbocycles. The van der Waals surface area contributed by atoms with E-state index in [4.69, 9.17) is 23.2 Å². The van der Waals surface area contributed by atoms with Gasteiger partial charge in [-0.1, -0.05) is 61.3 Å². The molecule has 0 bridgehead atoms. The van der Waals surface area contributed by atoms with Crippen molar-refractivity contribution in [2.75, 3.05) is 5.75 Å². The highest BCUT2D eigenvalue weighted by atomic mass is 35.5. The van der Waals surface area contributed by atoms with Gasteiger partial charge in [-0.3, -0.25) is 9.59 Å². The summed E-state index contributed by atoms with van der Waals surface area (Å²) in [4.78, 5) is 29.0. The number of nitrogens with one attached hydrogen (secondary N) is 1. The van der Waals surface area contributed by atoms with Gasteiger partial charge in [-0.15, -0.1) is 11.8 Å². The molecule has 31 heavy (non-hydrogen) atoms. The smallest absolute Gasteiger partial charge is 0.243 e. The summed E-state index contributed by atoms with van der Waals surface area (Å²) in [6, 6.07) is 14.7. The largest absolute Gasteiger partial charge is 0.352 e. The lowest BCUT2D eigenvalue weighted by Crippen LogP contribution is -2.50. The van der Waals surface area contributed by atoms with Gasteiger partial charge >= 0.3 is 0 Å². The zero-order valence-corrected chi connectivity index (χ0v) is 20.6. The quantitative estimate of drug-likeness (QED) is 0.389. The van der Waals surface area contributed by atoms with E-state index in [0.717, 1.165) is 11.3 Å². The van der Waals surface area contributed by atoms with Gasteiger partial charge in [-0.25, -0.2) is 0 Å². The van der Waals surface area contributed by atoms with Crippen molar-refractivity contribution in [2.24, 2.45) is 0 Å². The molecule has 0 aliphatic rings. The first kappa shape index (κ1) is 25.6. The van der Waals surface area contributed by atoms with E-state index in [-0.39, 0.29) is 24.4 Å². The first-order valence-electron chi connectivity index (χ1n) is 10.6. The molecule has 0 saturated carbocycles. The standard InChI is InChI=1S/C24H30Cl2N2O2S/c1-4-17(3)27-24(30)22(5-2)28(16-19-20(25)12-9-13-21(19)26)23(29)14-15-31-18-10-7-6-8-11-18/h6-13,17,22H,4-5,14-16H2,1-3H3,(H,27,30)/t17-,22-/m0/s1. The molecular weight excluding hydrogens is 451 g/mol. The zero-order chi connectivity index (χ0) is 22.8. The lowest BCUT2D eigenvalue weighted by atomic mass is 10.1. The Morgan fingerprint density at radius 3 is 2.23 bits per heavy atom. The van der Waals surface area contributed by atoms with Crippen LogP contribution in [0.2, 0.25) is 10.0 Å². The molecule has 7 heteroatoms. The van der Waals surface area contributed by atoms with Crippen LogP contribution < -0.4 is 5.32 Å². The van der Waals surface area contributed by atoms with Crippen LogP contribution >= 0.6 is 35.0 Å². The molecule has 0 fully saturated rings. The Bertz CT molecular complexity index is 844. The van der Waals surface area contributed by atoms with E-state index in [1.54, 1.807) is 34.9 Å². The Morgan fingerprint density at radius 2 is 1.65 bits per heavy atom. The average molecular weight is 481 g/mol. The van der Waals surface area contributed by atoms with Crippen molar-refractivity contribution in [1.29, 1.82) is 0 Å². The van der Waals surface area contributed by atoms with Crippen LogP contribution in [-0.2, 0) is 16.1 Å². The fourth-order valence-electron chi connectivity index (χ4n) is 3.13. The number of amides is 2. The van der Waals surface area contributed by atoms with Crippen LogP contribution in [0.3, 0.4) is 0 Å². The van der Waals surface area contributed by atoms with Crippen LogP contribution in [0.15, 0.2) is 53.4 Å². The molecule has 2 atom stereocenters. The van der Waals surface area contributed by atoms with Crippen molar-refractivity contribution in [3.05, 3.63) is 64.1 Å². The molecule has 0 spiro atoms. The van der Waals surface area contributed by atoms with Gasteiger partial charge < -0.3 is 10.2 Å². The minimum absolute atomic E-state index is 0.0380. The summed E-state index contributed by atoms with van der Waals surface area (Å²) in [5.74, 6) is 0.383. The van der Waals surface area contributed by atoms with Gasteiger partial charge in [0.15, 0.2) is 0 Å². The van der Waals surface area contributed by atoms with Crippen molar-refractivity contribution in [1.82, 2.24) is 10.2 Å². The summed E-state index contributed by atoms with van der Waals surface area (Å²) in [5.41, 5.74) is 0.657. The molecule has 1 N–H and O–H groups in total. The third-order valence-corrected chi connectivity index (χ3v) is 6.83. The maximum absolute atomic E-state index is 13.3. The van der Waals surface area contributed by atoms with E-state index in [1.807, 2.05) is 51.1 Å². The first-order chi connectivity index (χ1) is 14.9. The van der Waals surface area contributed by atoms with E-state index in [9.17, 15) is 9.59 Å². The van der Waals surface area contributed by atoms with Gasteiger partial charge in [0.25, 0.3) is 0 Å². The van der Waals surface area contributed by atoms with Crippen LogP contribution in [0.4, 0.5) is 0 Å². The minimum atomic E-state index is -0.587. The Morgan fingerprint density at radius 1 is 1.00 bits per heavy atom. The highest BCUT2D eigenvalue weighted by molar-refractivity contribution is 7.99. The number of thioether (sulfide) groups is 1. The number of hydrogen-bond acceptors (Lipinski definition) is 3. The molecule has 0 aliphatic heterocycles. The molecule has 0 heterocycles. The molecule has 0 saturated heterocycles. The number of nitrogens with zero attached hydrogens (tertiary/aromatic N) is 1. The summed E-state index contributed by atoms with van der Waals surface area (Å²) >= 11 is 14.4. The summed E-state index contributed by atoms with van der Waals surface area (Å²) in [5, 5.41) is 3.98.